The predicted molar refractivity (Wildman–Crippen MR) is 101 cm³/mol. The number of methoxy groups -OCH3 is 1. The molecule has 0 saturated carbocycles. The lowest BCUT2D eigenvalue weighted by Crippen LogP contribution is -2.20. The zero-order valence-corrected chi connectivity index (χ0v) is 15.3. The second-order valence-electron chi connectivity index (χ2n) is 6.08. The Morgan fingerprint density at radius 3 is 2.88 bits per heavy atom. The Hall–Kier alpha value is -2.98. The van der Waals surface area contributed by atoms with Gasteiger partial charge in [-0.15, -0.1) is 0 Å². The Kier molecular flexibility index (Phi) is 3.85. The number of fused-ring (bicyclic) bond motifs is 3. The van der Waals surface area contributed by atoms with Crippen LogP contribution < -0.4 is 10.1 Å². The van der Waals surface area contributed by atoms with Gasteiger partial charge in [0.1, 0.15) is 16.7 Å². The van der Waals surface area contributed by atoms with Crippen molar-refractivity contribution in [3.05, 3.63) is 40.7 Å². The third kappa shape index (κ3) is 2.42. The molecule has 2 N–H and O–H groups in total. The minimum absolute atomic E-state index is 0.342. The number of aromatic amines is 1. The summed E-state index contributed by atoms with van der Waals surface area (Å²) in [4.78, 5) is 7.94. The van der Waals surface area contributed by atoms with Crippen molar-refractivity contribution in [2.24, 2.45) is 4.99 Å². The Bertz CT molecular complexity index is 1090. The molecule has 132 valence electrons. The molecular formula is C18H17ClN6O. The smallest absolute Gasteiger partial charge is 0.164 e. The van der Waals surface area contributed by atoms with Crippen LogP contribution in [0.4, 0.5) is 5.82 Å². The van der Waals surface area contributed by atoms with Gasteiger partial charge in [0.15, 0.2) is 6.17 Å². The van der Waals surface area contributed by atoms with Crippen LogP contribution in [-0.4, -0.2) is 27.0 Å². The SMILES string of the molecule is CCn1nc(C)cc1C1N=C(Cl)c2c([nH]c3c(OC)cc(C#N)cc23)N1. The van der Waals surface area contributed by atoms with Crippen LogP contribution in [0.15, 0.2) is 23.2 Å². The first-order valence-electron chi connectivity index (χ1n) is 8.24. The molecule has 0 amide bonds. The molecule has 1 aromatic carbocycles. The van der Waals surface area contributed by atoms with Gasteiger partial charge in [0.25, 0.3) is 0 Å². The number of nitrogens with one attached hydrogen (secondary N) is 2. The van der Waals surface area contributed by atoms with Crippen LogP contribution in [0.1, 0.15) is 35.6 Å². The van der Waals surface area contributed by atoms with Crippen LogP contribution in [-0.2, 0) is 6.54 Å². The molecule has 1 atom stereocenters. The van der Waals surface area contributed by atoms with Gasteiger partial charge in [-0.1, -0.05) is 11.6 Å². The van der Waals surface area contributed by atoms with Gasteiger partial charge in [0, 0.05) is 18.0 Å². The van der Waals surface area contributed by atoms with Gasteiger partial charge in [-0.2, -0.15) is 10.4 Å². The highest BCUT2D eigenvalue weighted by Crippen LogP contribution is 2.39. The number of nitrogens with zero attached hydrogens (tertiary/aromatic N) is 4. The van der Waals surface area contributed by atoms with Crippen molar-refractivity contribution < 1.29 is 4.74 Å². The molecule has 0 fully saturated rings. The van der Waals surface area contributed by atoms with Crippen LogP contribution in [0, 0.1) is 18.3 Å². The molecule has 4 rings (SSSR count). The summed E-state index contributed by atoms with van der Waals surface area (Å²) < 4.78 is 7.33. The molecule has 0 aliphatic carbocycles. The van der Waals surface area contributed by atoms with E-state index < -0.39 is 0 Å². The lowest BCUT2D eigenvalue weighted by molar-refractivity contribution is 0.419. The average Bonchev–Trinajstić information content (AvgIpc) is 3.20. The first kappa shape index (κ1) is 16.5. The lowest BCUT2D eigenvalue weighted by atomic mass is 10.1. The molecule has 0 spiro atoms. The zero-order valence-electron chi connectivity index (χ0n) is 14.6. The average molecular weight is 369 g/mol. The number of aliphatic imine (C=N–C) groups is 1. The standard InChI is InChI=1S/C18H17ClN6O/c1-4-25-12(5-9(2)24-25)17-22-16(19)14-11-6-10(8-20)7-13(26-3)15(11)21-18(14)23-17/h5-7,17,21,23H,4H2,1-3H3. The first-order chi connectivity index (χ1) is 12.5. The van der Waals surface area contributed by atoms with E-state index in [0.29, 0.717) is 16.5 Å². The molecule has 1 unspecified atom stereocenters. The highest BCUT2D eigenvalue weighted by Gasteiger charge is 2.28. The number of hydrogen-bond donors (Lipinski definition) is 2. The summed E-state index contributed by atoms with van der Waals surface area (Å²) in [6.07, 6.45) is -0.342. The molecule has 0 radical (unpaired) electrons. The molecule has 8 heteroatoms. The van der Waals surface area contributed by atoms with Gasteiger partial charge in [0.05, 0.1) is 41.2 Å². The number of H-pyrrole nitrogens is 1. The van der Waals surface area contributed by atoms with E-state index >= 15 is 0 Å². The summed E-state index contributed by atoms with van der Waals surface area (Å²) >= 11 is 6.54. The molecule has 26 heavy (non-hydrogen) atoms. The minimum Gasteiger partial charge on any atom is -0.495 e. The Morgan fingerprint density at radius 1 is 1.38 bits per heavy atom. The zero-order chi connectivity index (χ0) is 18.4. The van der Waals surface area contributed by atoms with Crippen LogP contribution in [0.25, 0.3) is 10.9 Å². The van der Waals surface area contributed by atoms with E-state index in [4.69, 9.17) is 16.3 Å². The monoisotopic (exact) mass is 368 g/mol. The van der Waals surface area contributed by atoms with Crippen molar-refractivity contribution in [3.63, 3.8) is 0 Å². The molecule has 0 saturated heterocycles. The molecule has 3 aromatic rings. The van der Waals surface area contributed by atoms with Gasteiger partial charge in [-0.3, -0.25) is 4.68 Å². The quantitative estimate of drug-likeness (QED) is 0.737. The van der Waals surface area contributed by atoms with Crippen LogP contribution in [0.5, 0.6) is 5.75 Å². The van der Waals surface area contributed by atoms with Gasteiger partial charge >= 0.3 is 0 Å². The summed E-state index contributed by atoms with van der Waals surface area (Å²) in [5.74, 6) is 1.34. The summed E-state index contributed by atoms with van der Waals surface area (Å²) in [7, 11) is 1.57. The van der Waals surface area contributed by atoms with Gasteiger partial charge in [-0.25, -0.2) is 4.99 Å². The fourth-order valence-electron chi connectivity index (χ4n) is 3.34. The number of rotatable bonds is 3. The van der Waals surface area contributed by atoms with Crippen LogP contribution >= 0.6 is 11.6 Å². The summed E-state index contributed by atoms with van der Waals surface area (Å²) in [6, 6.07) is 7.63. The molecular weight excluding hydrogens is 352 g/mol. The maximum absolute atomic E-state index is 9.27. The third-order valence-electron chi connectivity index (χ3n) is 4.46. The number of ether oxygens (including phenoxy) is 1. The van der Waals surface area contributed by atoms with E-state index in [1.807, 2.05) is 24.6 Å². The Morgan fingerprint density at radius 2 is 2.19 bits per heavy atom. The highest BCUT2D eigenvalue weighted by atomic mass is 35.5. The molecule has 0 bridgehead atoms. The molecule has 2 aromatic heterocycles. The fraction of sp³-hybridized carbons (Fsp3) is 0.278. The molecule has 3 heterocycles. The van der Waals surface area contributed by atoms with Crippen molar-refractivity contribution in [2.75, 3.05) is 12.4 Å². The topological polar surface area (TPSA) is 91.0 Å². The highest BCUT2D eigenvalue weighted by molar-refractivity contribution is 6.71. The molecule has 1 aliphatic rings. The summed E-state index contributed by atoms with van der Waals surface area (Å²) in [5, 5.41) is 18.3. The second-order valence-corrected chi connectivity index (χ2v) is 6.44. The van der Waals surface area contributed by atoms with Crippen LogP contribution in [0.3, 0.4) is 0 Å². The van der Waals surface area contributed by atoms with E-state index in [-0.39, 0.29) is 6.17 Å². The van der Waals surface area contributed by atoms with Gasteiger partial charge in [-0.05, 0) is 26.0 Å². The number of benzene rings is 1. The van der Waals surface area contributed by atoms with Crippen molar-refractivity contribution in [1.29, 1.82) is 5.26 Å². The normalized spacial score (nSPS) is 16.0. The van der Waals surface area contributed by atoms with Gasteiger partial charge in [0.2, 0.25) is 0 Å². The third-order valence-corrected chi connectivity index (χ3v) is 4.75. The van der Waals surface area contributed by atoms with E-state index in [2.05, 4.69) is 26.5 Å². The van der Waals surface area contributed by atoms with Crippen molar-refractivity contribution in [1.82, 2.24) is 14.8 Å². The lowest BCUT2D eigenvalue weighted by Gasteiger charge is -2.21. The molecule has 7 nitrogen and oxygen atoms in total. The van der Waals surface area contributed by atoms with Crippen molar-refractivity contribution >= 4 is 33.5 Å². The van der Waals surface area contributed by atoms with Crippen LogP contribution in [0.2, 0.25) is 0 Å². The maximum Gasteiger partial charge on any atom is 0.164 e. The maximum atomic E-state index is 9.27. The van der Waals surface area contributed by atoms with E-state index in [1.165, 1.54) is 0 Å². The largest absolute Gasteiger partial charge is 0.495 e. The number of aryl methyl sites for hydroxylation is 2. The minimum atomic E-state index is -0.342. The van der Waals surface area contributed by atoms with Crippen molar-refractivity contribution in [2.45, 2.75) is 26.6 Å². The Balaban J connectivity index is 1.88. The number of hydrogen-bond acceptors (Lipinski definition) is 5. The molecule has 1 aliphatic heterocycles. The van der Waals surface area contributed by atoms with E-state index in [1.54, 1.807) is 19.2 Å². The predicted octanol–water partition coefficient (Wildman–Crippen LogP) is 3.68. The Labute approximate surface area is 155 Å². The number of aromatic nitrogens is 3. The summed E-state index contributed by atoms with van der Waals surface area (Å²) in [6.45, 7) is 4.73. The van der Waals surface area contributed by atoms with Gasteiger partial charge < -0.3 is 15.0 Å². The van der Waals surface area contributed by atoms with E-state index in [9.17, 15) is 5.26 Å². The number of halogens is 1. The fourth-order valence-corrected chi connectivity index (χ4v) is 3.63. The van der Waals surface area contributed by atoms with Crippen molar-refractivity contribution in [3.8, 4) is 11.8 Å². The second kappa shape index (κ2) is 6.07. The first-order valence-corrected chi connectivity index (χ1v) is 8.61. The summed E-state index contributed by atoms with van der Waals surface area (Å²) in [5.41, 5.74) is 3.89. The number of nitriles is 1. The number of anilines is 1. The van der Waals surface area contributed by atoms with E-state index in [0.717, 1.165) is 40.2 Å².